The first kappa shape index (κ1) is 13.4. The first-order valence-electron chi connectivity index (χ1n) is 7.72. The fourth-order valence-corrected chi connectivity index (χ4v) is 3.77. The summed E-state index contributed by atoms with van der Waals surface area (Å²) in [7, 11) is 2.16. The van der Waals surface area contributed by atoms with Crippen molar-refractivity contribution in [3.8, 4) is 0 Å². The zero-order valence-corrected chi connectivity index (χ0v) is 11.8. The maximum atomic E-state index is 3.59. The van der Waals surface area contributed by atoms with Crippen molar-refractivity contribution in [2.45, 2.75) is 70.4 Å². The number of hydrogen-bond acceptors (Lipinski definition) is 2. The fraction of sp³-hybridized carbons (Fsp3) is 1.00. The van der Waals surface area contributed by atoms with E-state index in [0.29, 0.717) is 0 Å². The Hall–Kier alpha value is -0.0800. The van der Waals surface area contributed by atoms with Gasteiger partial charge in [0.05, 0.1) is 0 Å². The quantitative estimate of drug-likeness (QED) is 0.795. The van der Waals surface area contributed by atoms with Crippen molar-refractivity contribution >= 4 is 0 Å². The third kappa shape index (κ3) is 3.69. The van der Waals surface area contributed by atoms with Crippen LogP contribution in [-0.2, 0) is 0 Å². The average Bonchev–Trinajstić information content (AvgIpc) is 2.29. The minimum absolute atomic E-state index is 0.737. The summed E-state index contributed by atoms with van der Waals surface area (Å²) in [5, 5.41) is 3.59. The summed E-state index contributed by atoms with van der Waals surface area (Å²) in [5.41, 5.74) is 0. The molecule has 0 amide bonds. The van der Waals surface area contributed by atoms with Crippen LogP contribution in [0.2, 0.25) is 0 Å². The first-order chi connectivity index (χ1) is 8.31. The first-order valence-corrected chi connectivity index (χ1v) is 7.72. The molecule has 3 atom stereocenters. The monoisotopic (exact) mass is 238 g/mol. The Morgan fingerprint density at radius 1 is 0.941 bits per heavy atom. The van der Waals surface area contributed by atoms with E-state index in [2.05, 4.69) is 24.2 Å². The van der Waals surface area contributed by atoms with Crippen LogP contribution in [0.5, 0.6) is 0 Å². The number of nitrogens with zero attached hydrogens (tertiary/aromatic N) is 1. The molecule has 1 saturated heterocycles. The number of likely N-dealkylation sites (tertiary alicyclic amines) is 1. The number of nitrogens with one attached hydrogen (secondary N) is 1. The molecule has 2 nitrogen and oxygen atoms in total. The van der Waals surface area contributed by atoms with Crippen molar-refractivity contribution in [2.75, 3.05) is 20.1 Å². The second-order valence-electron chi connectivity index (χ2n) is 6.20. The smallest absolute Gasteiger partial charge is 0.0249 e. The lowest BCUT2D eigenvalue weighted by atomic mass is 9.89. The van der Waals surface area contributed by atoms with E-state index in [-0.39, 0.29) is 0 Å². The van der Waals surface area contributed by atoms with Gasteiger partial charge in [0, 0.05) is 18.6 Å². The van der Waals surface area contributed by atoms with Crippen LogP contribution in [0, 0.1) is 5.92 Å². The molecule has 2 aliphatic rings. The van der Waals surface area contributed by atoms with Crippen LogP contribution in [0.1, 0.15) is 58.3 Å². The topological polar surface area (TPSA) is 15.3 Å². The Bertz CT molecular complexity index is 217. The van der Waals surface area contributed by atoms with Crippen molar-refractivity contribution in [3.63, 3.8) is 0 Å². The lowest BCUT2D eigenvalue weighted by Gasteiger charge is -2.42. The van der Waals surface area contributed by atoms with Crippen molar-refractivity contribution in [3.05, 3.63) is 0 Å². The zero-order chi connectivity index (χ0) is 12.1. The summed E-state index contributed by atoms with van der Waals surface area (Å²) in [6.45, 7) is 5.10. The molecule has 17 heavy (non-hydrogen) atoms. The van der Waals surface area contributed by atoms with Gasteiger partial charge in [-0.3, -0.25) is 4.90 Å². The molecule has 1 aliphatic carbocycles. The Balaban J connectivity index is 1.97. The summed E-state index contributed by atoms with van der Waals surface area (Å²) in [6, 6.07) is 1.55. The van der Waals surface area contributed by atoms with Crippen LogP contribution in [0.25, 0.3) is 0 Å². The number of piperidine rings is 1. The maximum absolute atomic E-state index is 3.59. The van der Waals surface area contributed by atoms with Crippen molar-refractivity contribution in [1.29, 1.82) is 0 Å². The van der Waals surface area contributed by atoms with E-state index >= 15 is 0 Å². The van der Waals surface area contributed by atoms with Gasteiger partial charge in [-0.1, -0.05) is 32.6 Å². The molecule has 100 valence electrons. The number of rotatable bonds is 2. The van der Waals surface area contributed by atoms with E-state index in [1.54, 1.807) is 0 Å². The van der Waals surface area contributed by atoms with Crippen LogP contribution in [0.15, 0.2) is 0 Å². The fourth-order valence-electron chi connectivity index (χ4n) is 3.77. The molecule has 0 aromatic carbocycles. The molecule has 1 heterocycles. The molecule has 0 radical (unpaired) electrons. The predicted molar refractivity (Wildman–Crippen MR) is 74.3 cm³/mol. The normalized spacial score (nSPS) is 37.4. The van der Waals surface area contributed by atoms with Crippen LogP contribution >= 0.6 is 0 Å². The highest BCUT2D eigenvalue weighted by molar-refractivity contribution is 4.87. The summed E-state index contributed by atoms with van der Waals surface area (Å²) in [5.74, 6) is 0.909. The van der Waals surface area contributed by atoms with Gasteiger partial charge in [0.15, 0.2) is 0 Å². The molecule has 2 fully saturated rings. The molecule has 1 saturated carbocycles. The standard InChI is InChI=1S/C15H30N2/c1-13-8-7-11-17(12-13)15-10-6-4-3-5-9-14(15)16-2/h13-16H,3-12H2,1-2H3. The van der Waals surface area contributed by atoms with E-state index in [4.69, 9.17) is 0 Å². The van der Waals surface area contributed by atoms with Crippen molar-refractivity contribution in [1.82, 2.24) is 10.2 Å². The summed E-state index contributed by atoms with van der Waals surface area (Å²) in [6.07, 6.45) is 11.4. The Morgan fingerprint density at radius 3 is 2.41 bits per heavy atom. The van der Waals surface area contributed by atoms with E-state index in [0.717, 1.165) is 18.0 Å². The average molecular weight is 238 g/mol. The molecule has 0 aromatic rings. The molecule has 2 heteroatoms. The van der Waals surface area contributed by atoms with E-state index < -0.39 is 0 Å². The number of hydrogen-bond donors (Lipinski definition) is 1. The minimum Gasteiger partial charge on any atom is -0.315 e. The molecule has 1 N–H and O–H groups in total. The molecule has 0 aromatic heterocycles. The third-order valence-corrected chi connectivity index (χ3v) is 4.76. The second kappa shape index (κ2) is 6.75. The van der Waals surface area contributed by atoms with Crippen molar-refractivity contribution in [2.24, 2.45) is 5.92 Å². The minimum atomic E-state index is 0.737. The van der Waals surface area contributed by atoms with E-state index in [1.165, 1.54) is 64.5 Å². The van der Waals surface area contributed by atoms with Gasteiger partial charge in [-0.05, 0) is 45.2 Å². The highest BCUT2D eigenvalue weighted by atomic mass is 15.2. The van der Waals surface area contributed by atoms with Gasteiger partial charge in [-0.25, -0.2) is 0 Å². The lowest BCUT2D eigenvalue weighted by molar-refractivity contribution is 0.0906. The highest BCUT2D eigenvalue weighted by Crippen LogP contribution is 2.26. The molecular weight excluding hydrogens is 208 g/mol. The number of likely N-dealkylation sites (N-methyl/N-ethyl adjacent to an activating group) is 1. The molecular formula is C15H30N2. The lowest BCUT2D eigenvalue weighted by Crippen LogP contribution is -2.52. The molecule has 3 unspecified atom stereocenters. The zero-order valence-electron chi connectivity index (χ0n) is 11.8. The Labute approximate surface area is 107 Å². The molecule has 2 rings (SSSR count). The SMILES string of the molecule is CNC1CCCCCCC1N1CCCC(C)C1. The van der Waals surface area contributed by atoms with Gasteiger partial charge in [0.1, 0.15) is 0 Å². The van der Waals surface area contributed by atoms with Gasteiger partial charge in [0.2, 0.25) is 0 Å². The highest BCUT2D eigenvalue weighted by Gasteiger charge is 2.29. The van der Waals surface area contributed by atoms with Crippen molar-refractivity contribution < 1.29 is 0 Å². The Morgan fingerprint density at radius 2 is 1.71 bits per heavy atom. The van der Waals surface area contributed by atoms with Gasteiger partial charge in [-0.15, -0.1) is 0 Å². The van der Waals surface area contributed by atoms with E-state index in [1.807, 2.05) is 0 Å². The third-order valence-electron chi connectivity index (χ3n) is 4.76. The van der Waals surface area contributed by atoms with Gasteiger partial charge < -0.3 is 5.32 Å². The molecule has 0 bridgehead atoms. The summed E-state index contributed by atoms with van der Waals surface area (Å²) in [4.78, 5) is 2.79. The maximum Gasteiger partial charge on any atom is 0.0249 e. The second-order valence-corrected chi connectivity index (χ2v) is 6.20. The summed E-state index contributed by atoms with van der Waals surface area (Å²) >= 11 is 0. The van der Waals surface area contributed by atoms with Crippen LogP contribution in [0.4, 0.5) is 0 Å². The molecule has 0 spiro atoms. The van der Waals surface area contributed by atoms with Crippen LogP contribution in [0.3, 0.4) is 0 Å². The van der Waals surface area contributed by atoms with Gasteiger partial charge in [0.25, 0.3) is 0 Å². The largest absolute Gasteiger partial charge is 0.315 e. The predicted octanol–water partition coefficient (Wildman–Crippen LogP) is 3.03. The van der Waals surface area contributed by atoms with Gasteiger partial charge in [-0.2, -0.15) is 0 Å². The molecule has 1 aliphatic heterocycles. The Kier molecular flexibility index (Phi) is 5.30. The van der Waals surface area contributed by atoms with Crippen LogP contribution < -0.4 is 5.32 Å². The summed E-state index contributed by atoms with van der Waals surface area (Å²) < 4.78 is 0. The van der Waals surface area contributed by atoms with E-state index in [9.17, 15) is 0 Å². The van der Waals surface area contributed by atoms with Crippen LogP contribution in [-0.4, -0.2) is 37.1 Å². The van der Waals surface area contributed by atoms with Gasteiger partial charge >= 0.3 is 0 Å².